The molecule has 4 aromatic carbocycles. The van der Waals surface area contributed by atoms with Crippen LogP contribution in [0.2, 0.25) is 0 Å². The second-order valence-corrected chi connectivity index (χ2v) is 11.5. The van der Waals surface area contributed by atoms with E-state index in [-0.39, 0.29) is 18.4 Å². The van der Waals surface area contributed by atoms with Crippen LogP contribution in [-0.2, 0) is 24.2 Å². The monoisotopic (exact) mass is 618 g/mol. The number of carbonyl (C=O) groups excluding carboxylic acids is 2. The van der Waals surface area contributed by atoms with E-state index in [4.69, 9.17) is 9.47 Å². The van der Waals surface area contributed by atoms with Crippen molar-refractivity contribution in [2.75, 3.05) is 52.8 Å². The van der Waals surface area contributed by atoms with E-state index in [0.29, 0.717) is 49.5 Å². The summed E-state index contributed by atoms with van der Waals surface area (Å²) in [5.41, 5.74) is 5.87. The molecule has 0 saturated carbocycles. The molecule has 0 saturated heterocycles. The van der Waals surface area contributed by atoms with Gasteiger partial charge in [0.1, 0.15) is 6.54 Å². The van der Waals surface area contributed by atoms with Crippen molar-refractivity contribution in [1.82, 2.24) is 14.8 Å². The number of nitrogens with zero attached hydrogens (tertiary/aromatic N) is 3. The topological polar surface area (TPSA) is 78.1 Å². The Morgan fingerprint density at radius 2 is 1.41 bits per heavy atom. The Kier molecular flexibility index (Phi) is 10.6. The Balaban J connectivity index is 1.40. The van der Waals surface area contributed by atoms with Gasteiger partial charge in [0.2, 0.25) is 5.91 Å². The highest BCUT2D eigenvalue weighted by Gasteiger charge is 2.24. The van der Waals surface area contributed by atoms with Crippen LogP contribution in [0.1, 0.15) is 27.0 Å². The third-order valence-electron chi connectivity index (χ3n) is 8.26. The van der Waals surface area contributed by atoms with Gasteiger partial charge in [-0.15, -0.1) is 0 Å². The second kappa shape index (κ2) is 15.2. The molecule has 1 N–H and O–H groups in total. The lowest BCUT2D eigenvalue weighted by Crippen LogP contribution is -2.44. The summed E-state index contributed by atoms with van der Waals surface area (Å²) in [7, 11) is 7.11. The number of carbonyl (C=O) groups is 2. The molecule has 0 aliphatic carbocycles. The molecule has 5 rings (SSSR count). The molecule has 8 heteroatoms. The number of aromatic nitrogens is 1. The van der Waals surface area contributed by atoms with Crippen LogP contribution in [0.3, 0.4) is 0 Å². The van der Waals surface area contributed by atoms with Gasteiger partial charge in [-0.3, -0.25) is 9.59 Å². The number of hydrogen-bond donors (Lipinski definition) is 1. The number of anilines is 1. The minimum absolute atomic E-state index is 0.0519. The molecule has 238 valence electrons. The first-order valence-corrected chi connectivity index (χ1v) is 15.5. The van der Waals surface area contributed by atoms with Crippen LogP contribution < -0.4 is 14.4 Å². The highest BCUT2D eigenvalue weighted by molar-refractivity contribution is 5.97. The number of hydrogen-bond acceptors (Lipinski definition) is 5. The Bertz CT molecular complexity index is 1750. The predicted molar refractivity (Wildman–Crippen MR) is 184 cm³/mol. The van der Waals surface area contributed by atoms with E-state index >= 15 is 0 Å². The Morgan fingerprint density at radius 3 is 2.13 bits per heavy atom. The molecule has 1 aromatic heterocycles. The molecule has 0 spiro atoms. The summed E-state index contributed by atoms with van der Waals surface area (Å²) >= 11 is 0. The van der Waals surface area contributed by atoms with Gasteiger partial charge in [-0.2, -0.15) is 0 Å². The number of rotatable bonds is 14. The lowest BCUT2D eigenvalue weighted by Gasteiger charge is -2.28. The maximum absolute atomic E-state index is 14.2. The lowest BCUT2D eigenvalue weighted by atomic mass is 10.1. The molecule has 0 radical (unpaired) electrons. The molecule has 0 bridgehead atoms. The van der Waals surface area contributed by atoms with Gasteiger partial charge in [-0.05, 0) is 65.9 Å². The average molecular weight is 619 g/mol. The summed E-state index contributed by atoms with van der Waals surface area (Å²) in [4.78, 5) is 37.1. The molecule has 0 unspecified atom stereocenters. The van der Waals surface area contributed by atoms with Crippen LogP contribution >= 0.6 is 0 Å². The number of H-pyrrole nitrogens is 1. The minimum atomic E-state index is -0.239. The van der Waals surface area contributed by atoms with E-state index in [1.165, 1.54) is 0 Å². The number of methoxy groups -OCH3 is 2. The largest absolute Gasteiger partial charge is 0.493 e. The van der Waals surface area contributed by atoms with Gasteiger partial charge >= 0.3 is 0 Å². The molecular weight excluding hydrogens is 576 g/mol. The molecule has 1 heterocycles. The summed E-state index contributed by atoms with van der Waals surface area (Å²) in [6, 6.07) is 31.5. The third kappa shape index (κ3) is 7.88. The SMILES string of the molecule is COc1ccc(C(=O)N(CCc2ccccc2)CC(=O)N(CCc2c[nH]c3ccccc23)Cc2ccc(N(C)C)cc2)cc1OC. The van der Waals surface area contributed by atoms with Crippen molar-refractivity contribution >= 4 is 28.4 Å². The number of para-hydroxylation sites is 1. The molecule has 0 aliphatic heterocycles. The lowest BCUT2D eigenvalue weighted by molar-refractivity contribution is -0.132. The first kappa shape index (κ1) is 32.2. The first-order valence-electron chi connectivity index (χ1n) is 15.5. The fraction of sp³-hybridized carbons (Fsp3) is 0.263. The standard InChI is InChI=1S/C38H42N4O4/c1-40(2)32-17-14-29(15-18-32)26-41(23-21-31-25-39-34-13-9-8-12-33(31)34)37(43)27-42(22-20-28-10-6-5-7-11-28)38(44)30-16-19-35(45-3)36(24-30)46-4/h5-19,24-25,39H,20-23,26-27H2,1-4H3. The minimum Gasteiger partial charge on any atom is -0.493 e. The zero-order valence-corrected chi connectivity index (χ0v) is 27.0. The maximum atomic E-state index is 14.2. The Labute approximate surface area is 271 Å². The maximum Gasteiger partial charge on any atom is 0.254 e. The third-order valence-corrected chi connectivity index (χ3v) is 8.26. The zero-order chi connectivity index (χ0) is 32.5. The molecule has 0 fully saturated rings. The first-order chi connectivity index (χ1) is 22.4. The summed E-state index contributed by atoms with van der Waals surface area (Å²) in [5.74, 6) is 0.648. The van der Waals surface area contributed by atoms with Crippen LogP contribution in [0.25, 0.3) is 10.9 Å². The van der Waals surface area contributed by atoms with Crippen LogP contribution in [0.5, 0.6) is 11.5 Å². The number of amides is 2. The fourth-order valence-electron chi connectivity index (χ4n) is 5.58. The van der Waals surface area contributed by atoms with E-state index < -0.39 is 0 Å². The summed E-state index contributed by atoms with van der Waals surface area (Å²) in [6.45, 7) is 1.28. The number of fused-ring (bicyclic) bond motifs is 1. The van der Waals surface area contributed by atoms with E-state index in [1.807, 2.05) is 72.6 Å². The molecule has 0 aliphatic rings. The predicted octanol–water partition coefficient (Wildman–Crippen LogP) is 6.21. The zero-order valence-electron chi connectivity index (χ0n) is 27.0. The van der Waals surface area contributed by atoms with Crippen LogP contribution in [0.15, 0.2) is 103 Å². The summed E-state index contributed by atoms with van der Waals surface area (Å²) in [6.07, 6.45) is 3.32. The van der Waals surface area contributed by atoms with Gasteiger partial charge in [0.05, 0.1) is 14.2 Å². The van der Waals surface area contributed by atoms with E-state index in [2.05, 4.69) is 41.4 Å². The molecule has 0 atom stereocenters. The quantitative estimate of drug-likeness (QED) is 0.160. The molecule has 2 amide bonds. The van der Waals surface area contributed by atoms with Crippen LogP contribution in [-0.4, -0.2) is 74.5 Å². The van der Waals surface area contributed by atoms with E-state index in [1.54, 1.807) is 37.3 Å². The van der Waals surface area contributed by atoms with Crippen molar-refractivity contribution in [3.05, 3.63) is 126 Å². The van der Waals surface area contributed by atoms with Crippen molar-refractivity contribution in [3.63, 3.8) is 0 Å². The van der Waals surface area contributed by atoms with E-state index in [0.717, 1.165) is 33.3 Å². The number of aromatic amines is 1. The molecule has 8 nitrogen and oxygen atoms in total. The van der Waals surface area contributed by atoms with Gasteiger partial charge in [0, 0.05) is 62.1 Å². The van der Waals surface area contributed by atoms with Crippen LogP contribution in [0, 0.1) is 0 Å². The molecular formula is C38H42N4O4. The summed E-state index contributed by atoms with van der Waals surface area (Å²) in [5, 5.41) is 1.15. The van der Waals surface area contributed by atoms with Crippen molar-refractivity contribution in [3.8, 4) is 11.5 Å². The van der Waals surface area contributed by atoms with Gasteiger partial charge in [-0.25, -0.2) is 0 Å². The normalized spacial score (nSPS) is 10.9. The smallest absolute Gasteiger partial charge is 0.254 e. The highest BCUT2D eigenvalue weighted by Crippen LogP contribution is 2.28. The number of ether oxygens (including phenoxy) is 2. The van der Waals surface area contributed by atoms with Crippen molar-refractivity contribution < 1.29 is 19.1 Å². The fourth-order valence-corrected chi connectivity index (χ4v) is 5.58. The van der Waals surface area contributed by atoms with Crippen molar-refractivity contribution in [1.29, 1.82) is 0 Å². The number of benzene rings is 4. The number of nitrogens with one attached hydrogen (secondary N) is 1. The van der Waals surface area contributed by atoms with E-state index in [9.17, 15) is 9.59 Å². The van der Waals surface area contributed by atoms with Gasteiger partial charge in [-0.1, -0.05) is 60.7 Å². The summed E-state index contributed by atoms with van der Waals surface area (Å²) < 4.78 is 10.8. The van der Waals surface area contributed by atoms with Gasteiger partial charge in [0.25, 0.3) is 5.91 Å². The average Bonchev–Trinajstić information content (AvgIpc) is 3.51. The second-order valence-electron chi connectivity index (χ2n) is 11.5. The highest BCUT2D eigenvalue weighted by atomic mass is 16.5. The van der Waals surface area contributed by atoms with Crippen molar-refractivity contribution in [2.24, 2.45) is 0 Å². The Hall–Kier alpha value is -5.24. The van der Waals surface area contributed by atoms with Crippen LogP contribution in [0.4, 0.5) is 5.69 Å². The Morgan fingerprint density at radius 1 is 0.717 bits per heavy atom. The van der Waals surface area contributed by atoms with Gasteiger partial charge < -0.3 is 29.2 Å². The van der Waals surface area contributed by atoms with Gasteiger partial charge in [0.15, 0.2) is 11.5 Å². The van der Waals surface area contributed by atoms with Crippen molar-refractivity contribution in [2.45, 2.75) is 19.4 Å². The molecule has 5 aromatic rings. The molecule has 46 heavy (non-hydrogen) atoms.